The van der Waals surface area contributed by atoms with Crippen LogP contribution in [0, 0.1) is 16.7 Å². The van der Waals surface area contributed by atoms with Crippen LogP contribution < -0.4 is 5.32 Å². The van der Waals surface area contributed by atoms with E-state index in [0.29, 0.717) is 0 Å². The van der Waals surface area contributed by atoms with Crippen LogP contribution in [0.2, 0.25) is 0 Å². The van der Waals surface area contributed by atoms with E-state index in [1.165, 1.54) is 5.56 Å². The lowest BCUT2D eigenvalue weighted by Gasteiger charge is -2.21. The van der Waals surface area contributed by atoms with E-state index >= 15 is 0 Å². The fourth-order valence-corrected chi connectivity index (χ4v) is 2.01. The normalized spacial score (nSPS) is 19.7. The Balaban J connectivity index is 2.28. The first-order valence-electron chi connectivity index (χ1n) is 4.96. The van der Waals surface area contributed by atoms with Gasteiger partial charge in [0.25, 0.3) is 0 Å². The molecule has 1 unspecified atom stereocenters. The highest BCUT2D eigenvalue weighted by Crippen LogP contribution is 2.54. The van der Waals surface area contributed by atoms with E-state index in [0.717, 1.165) is 12.8 Å². The molecule has 0 amide bonds. The lowest BCUT2D eigenvalue weighted by atomic mass is 9.91. The van der Waals surface area contributed by atoms with E-state index in [-0.39, 0.29) is 11.5 Å². The highest BCUT2D eigenvalue weighted by molar-refractivity contribution is 5.28. The summed E-state index contributed by atoms with van der Waals surface area (Å²) in [5.41, 5.74) is 1.07. The smallest absolute Gasteiger partial charge is 0.0769 e. The van der Waals surface area contributed by atoms with Crippen LogP contribution in [-0.4, -0.2) is 7.05 Å². The quantitative estimate of drug-likeness (QED) is 0.785. The summed E-state index contributed by atoms with van der Waals surface area (Å²) in [6.07, 6.45) is 2.04. The Kier molecular flexibility index (Phi) is 2.26. The molecule has 2 rings (SSSR count). The summed E-state index contributed by atoms with van der Waals surface area (Å²) in [6, 6.07) is 12.8. The number of nitriles is 1. The summed E-state index contributed by atoms with van der Waals surface area (Å²) in [5, 5.41) is 12.4. The summed E-state index contributed by atoms with van der Waals surface area (Å²) in [7, 11) is 1.93. The number of nitrogens with zero attached hydrogens (tertiary/aromatic N) is 1. The molecule has 0 radical (unpaired) electrons. The van der Waals surface area contributed by atoms with Crippen LogP contribution in [0.3, 0.4) is 0 Å². The van der Waals surface area contributed by atoms with E-state index in [2.05, 4.69) is 23.5 Å². The number of benzene rings is 1. The zero-order valence-electron chi connectivity index (χ0n) is 8.33. The van der Waals surface area contributed by atoms with Gasteiger partial charge in [0.1, 0.15) is 0 Å². The van der Waals surface area contributed by atoms with Gasteiger partial charge in [-0.2, -0.15) is 5.26 Å². The zero-order valence-corrected chi connectivity index (χ0v) is 8.33. The molecule has 1 aliphatic carbocycles. The molecule has 2 nitrogen and oxygen atoms in total. The second kappa shape index (κ2) is 3.43. The Bertz CT molecular complexity index is 346. The van der Waals surface area contributed by atoms with Gasteiger partial charge in [0.2, 0.25) is 0 Å². The average Bonchev–Trinajstić information content (AvgIpc) is 3.02. The fraction of sp³-hybridized carbons (Fsp3) is 0.417. The standard InChI is InChI=1S/C12H14N2/c1-14-11(12(9-13)7-8-12)10-5-3-2-4-6-10/h2-6,11,14H,7-8H2,1H3. The van der Waals surface area contributed by atoms with Crippen LogP contribution in [-0.2, 0) is 0 Å². The summed E-state index contributed by atoms with van der Waals surface area (Å²) in [5.74, 6) is 0. The first-order valence-corrected chi connectivity index (χ1v) is 4.96. The molecule has 0 heterocycles. The fourth-order valence-electron chi connectivity index (χ4n) is 2.01. The molecule has 1 fully saturated rings. The maximum atomic E-state index is 9.13. The van der Waals surface area contributed by atoms with E-state index in [9.17, 15) is 0 Å². The van der Waals surface area contributed by atoms with Crippen molar-refractivity contribution in [3.8, 4) is 6.07 Å². The van der Waals surface area contributed by atoms with Gasteiger partial charge in [-0.15, -0.1) is 0 Å². The summed E-state index contributed by atoms with van der Waals surface area (Å²) >= 11 is 0. The van der Waals surface area contributed by atoms with Crippen molar-refractivity contribution in [1.82, 2.24) is 5.32 Å². The number of nitrogens with one attached hydrogen (secondary N) is 1. The van der Waals surface area contributed by atoms with Gasteiger partial charge in [-0.05, 0) is 25.5 Å². The largest absolute Gasteiger partial charge is 0.312 e. The Morgan fingerprint density at radius 1 is 1.36 bits per heavy atom. The van der Waals surface area contributed by atoms with Crippen LogP contribution in [0.15, 0.2) is 30.3 Å². The number of hydrogen-bond donors (Lipinski definition) is 1. The SMILES string of the molecule is CNC(c1ccccc1)C1(C#N)CC1. The van der Waals surface area contributed by atoms with Gasteiger partial charge in [-0.1, -0.05) is 30.3 Å². The molecule has 1 N–H and O–H groups in total. The molecule has 14 heavy (non-hydrogen) atoms. The lowest BCUT2D eigenvalue weighted by Crippen LogP contribution is -2.25. The van der Waals surface area contributed by atoms with Crippen molar-refractivity contribution >= 4 is 0 Å². The highest BCUT2D eigenvalue weighted by Gasteiger charge is 2.50. The maximum absolute atomic E-state index is 9.13. The molecular weight excluding hydrogens is 172 g/mol. The van der Waals surface area contributed by atoms with E-state index in [4.69, 9.17) is 5.26 Å². The first-order chi connectivity index (χ1) is 6.82. The summed E-state index contributed by atoms with van der Waals surface area (Å²) < 4.78 is 0. The minimum atomic E-state index is -0.143. The number of hydrogen-bond acceptors (Lipinski definition) is 2. The molecule has 0 aliphatic heterocycles. The summed E-state index contributed by atoms with van der Waals surface area (Å²) in [4.78, 5) is 0. The third-order valence-corrected chi connectivity index (χ3v) is 2.99. The molecule has 1 saturated carbocycles. The van der Waals surface area contributed by atoms with Crippen LogP contribution in [0.1, 0.15) is 24.4 Å². The third-order valence-electron chi connectivity index (χ3n) is 2.99. The van der Waals surface area contributed by atoms with E-state index < -0.39 is 0 Å². The Morgan fingerprint density at radius 3 is 2.43 bits per heavy atom. The van der Waals surface area contributed by atoms with Gasteiger partial charge in [-0.3, -0.25) is 0 Å². The lowest BCUT2D eigenvalue weighted by molar-refractivity contribution is 0.444. The van der Waals surface area contributed by atoms with E-state index in [1.54, 1.807) is 0 Å². The Hall–Kier alpha value is -1.33. The monoisotopic (exact) mass is 186 g/mol. The van der Waals surface area contributed by atoms with Gasteiger partial charge < -0.3 is 5.32 Å². The topological polar surface area (TPSA) is 35.8 Å². The molecule has 0 bridgehead atoms. The van der Waals surface area contributed by atoms with E-state index in [1.807, 2.05) is 25.2 Å². The minimum absolute atomic E-state index is 0.143. The second-order valence-corrected chi connectivity index (χ2v) is 3.90. The van der Waals surface area contributed by atoms with Crippen molar-refractivity contribution in [1.29, 1.82) is 5.26 Å². The second-order valence-electron chi connectivity index (χ2n) is 3.90. The highest BCUT2D eigenvalue weighted by atomic mass is 14.9. The molecule has 1 aromatic carbocycles. The molecule has 2 heteroatoms. The van der Waals surface area contributed by atoms with Gasteiger partial charge in [0, 0.05) is 0 Å². The maximum Gasteiger partial charge on any atom is 0.0769 e. The van der Waals surface area contributed by atoms with Gasteiger partial charge >= 0.3 is 0 Å². The molecule has 72 valence electrons. The van der Waals surface area contributed by atoms with Crippen LogP contribution in [0.4, 0.5) is 0 Å². The van der Waals surface area contributed by atoms with Crippen molar-refractivity contribution in [3.05, 3.63) is 35.9 Å². The van der Waals surface area contributed by atoms with Crippen LogP contribution in [0.25, 0.3) is 0 Å². The molecule has 0 aromatic heterocycles. The molecule has 0 saturated heterocycles. The van der Waals surface area contributed by atoms with Crippen LogP contribution in [0.5, 0.6) is 0 Å². The number of rotatable bonds is 3. The van der Waals surface area contributed by atoms with Gasteiger partial charge in [0.05, 0.1) is 17.5 Å². The van der Waals surface area contributed by atoms with Crippen molar-refractivity contribution in [2.75, 3.05) is 7.05 Å². The third kappa shape index (κ3) is 1.40. The molecule has 1 aromatic rings. The van der Waals surface area contributed by atoms with Crippen molar-refractivity contribution in [2.45, 2.75) is 18.9 Å². The Morgan fingerprint density at radius 2 is 2.00 bits per heavy atom. The predicted molar refractivity (Wildman–Crippen MR) is 55.5 cm³/mol. The first kappa shape index (κ1) is 9.23. The van der Waals surface area contributed by atoms with Crippen molar-refractivity contribution in [3.63, 3.8) is 0 Å². The molecule has 0 spiro atoms. The Labute approximate surface area is 84.6 Å². The zero-order chi connectivity index (χ0) is 10.0. The van der Waals surface area contributed by atoms with Gasteiger partial charge in [0.15, 0.2) is 0 Å². The molecular formula is C12H14N2. The predicted octanol–water partition coefficient (Wildman–Crippen LogP) is 2.25. The molecule has 1 aliphatic rings. The van der Waals surface area contributed by atoms with Gasteiger partial charge in [-0.25, -0.2) is 0 Å². The van der Waals surface area contributed by atoms with Crippen molar-refractivity contribution in [2.24, 2.45) is 5.41 Å². The van der Waals surface area contributed by atoms with Crippen molar-refractivity contribution < 1.29 is 0 Å². The van der Waals surface area contributed by atoms with Crippen LogP contribution >= 0.6 is 0 Å². The summed E-state index contributed by atoms with van der Waals surface area (Å²) in [6.45, 7) is 0. The average molecular weight is 186 g/mol. The minimum Gasteiger partial charge on any atom is -0.312 e. The molecule has 1 atom stereocenters.